The van der Waals surface area contributed by atoms with E-state index in [2.05, 4.69) is 24.1 Å². The van der Waals surface area contributed by atoms with E-state index in [0.717, 1.165) is 32.6 Å². The SMILES string of the molecule is CCN(CC)CC(=O)C1CCNC1. The highest BCUT2D eigenvalue weighted by molar-refractivity contribution is 5.83. The third-order valence-corrected chi connectivity index (χ3v) is 2.79. The maximum Gasteiger partial charge on any atom is 0.151 e. The molecule has 0 amide bonds. The lowest BCUT2D eigenvalue weighted by atomic mass is 10.0. The first-order chi connectivity index (χ1) is 6.27. The van der Waals surface area contributed by atoms with Gasteiger partial charge in [-0.15, -0.1) is 0 Å². The van der Waals surface area contributed by atoms with Crippen molar-refractivity contribution < 1.29 is 4.79 Å². The van der Waals surface area contributed by atoms with Crippen LogP contribution in [0.2, 0.25) is 0 Å². The Kier molecular flexibility index (Phi) is 4.39. The third kappa shape index (κ3) is 3.08. The Morgan fingerprint density at radius 1 is 1.46 bits per heavy atom. The van der Waals surface area contributed by atoms with Gasteiger partial charge in [0.2, 0.25) is 0 Å². The Balaban J connectivity index is 2.30. The van der Waals surface area contributed by atoms with Crippen LogP contribution in [0.4, 0.5) is 0 Å². The van der Waals surface area contributed by atoms with Crippen LogP contribution in [0.15, 0.2) is 0 Å². The molecule has 0 aromatic carbocycles. The van der Waals surface area contributed by atoms with Gasteiger partial charge < -0.3 is 5.32 Å². The highest BCUT2D eigenvalue weighted by Gasteiger charge is 2.22. The van der Waals surface area contributed by atoms with Crippen LogP contribution in [0.25, 0.3) is 0 Å². The van der Waals surface area contributed by atoms with Gasteiger partial charge in [0.25, 0.3) is 0 Å². The Bertz CT molecular complexity index is 160. The lowest BCUT2D eigenvalue weighted by Gasteiger charge is -2.18. The predicted molar refractivity (Wildman–Crippen MR) is 53.8 cm³/mol. The van der Waals surface area contributed by atoms with Crippen molar-refractivity contribution in [3.05, 3.63) is 0 Å². The zero-order valence-electron chi connectivity index (χ0n) is 8.68. The number of carbonyl (C=O) groups excluding carboxylic acids is 1. The minimum absolute atomic E-state index is 0.278. The molecule has 0 spiro atoms. The van der Waals surface area contributed by atoms with E-state index in [0.29, 0.717) is 12.3 Å². The molecule has 0 saturated carbocycles. The fourth-order valence-electron chi connectivity index (χ4n) is 1.73. The molecule has 0 radical (unpaired) electrons. The fraction of sp³-hybridized carbons (Fsp3) is 0.900. The van der Waals surface area contributed by atoms with Crippen LogP contribution < -0.4 is 5.32 Å². The molecule has 1 N–H and O–H groups in total. The average Bonchev–Trinajstić information content (AvgIpc) is 2.66. The second-order valence-corrected chi connectivity index (χ2v) is 3.62. The number of ketones is 1. The number of nitrogens with zero attached hydrogens (tertiary/aromatic N) is 1. The van der Waals surface area contributed by atoms with Crippen molar-refractivity contribution in [2.75, 3.05) is 32.7 Å². The lowest BCUT2D eigenvalue weighted by Crippen LogP contribution is -2.33. The number of nitrogens with one attached hydrogen (secondary N) is 1. The van der Waals surface area contributed by atoms with Crippen LogP contribution in [-0.2, 0) is 4.79 Å². The van der Waals surface area contributed by atoms with Gasteiger partial charge in [0.1, 0.15) is 0 Å². The van der Waals surface area contributed by atoms with Gasteiger partial charge in [-0.25, -0.2) is 0 Å². The maximum absolute atomic E-state index is 11.7. The number of rotatable bonds is 5. The summed E-state index contributed by atoms with van der Waals surface area (Å²) in [6, 6.07) is 0. The highest BCUT2D eigenvalue weighted by atomic mass is 16.1. The summed E-state index contributed by atoms with van der Waals surface area (Å²) in [4.78, 5) is 13.9. The normalized spacial score (nSPS) is 22.5. The number of likely N-dealkylation sites (N-methyl/N-ethyl adjacent to an activating group) is 1. The highest BCUT2D eigenvalue weighted by Crippen LogP contribution is 2.09. The summed E-state index contributed by atoms with van der Waals surface area (Å²) in [6.07, 6.45) is 1.03. The molecule has 0 aliphatic carbocycles. The molecule has 13 heavy (non-hydrogen) atoms. The molecule has 0 bridgehead atoms. The third-order valence-electron chi connectivity index (χ3n) is 2.79. The van der Waals surface area contributed by atoms with Gasteiger partial charge in [0.15, 0.2) is 5.78 Å². The first-order valence-corrected chi connectivity index (χ1v) is 5.23. The Hall–Kier alpha value is -0.410. The van der Waals surface area contributed by atoms with Gasteiger partial charge in [-0.1, -0.05) is 13.8 Å². The molecule has 0 aromatic rings. The molecular weight excluding hydrogens is 164 g/mol. The van der Waals surface area contributed by atoms with E-state index in [1.54, 1.807) is 0 Å². The second-order valence-electron chi connectivity index (χ2n) is 3.62. The summed E-state index contributed by atoms with van der Waals surface area (Å²) in [5.74, 6) is 0.689. The van der Waals surface area contributed by atoms with Gasteiger partial charge in [-0.3, -0.25) is 9.69 Å². The van der Waals surface area contributed by atoms with Gasteiger partial charge in [-0.05, 0) is 26.1 Å². The van der Waals surface area contributed by atoms with E-state index in [1.807, 2.05) is 0 Å². The van der Waals surface area contributed by atoms with E-state index in [4.69, 9.17) is 0 Å². The Labute approximate surface area is 80.5 Å². The lowest BCUT2D eigenvalue weighted by molar-refractivity contribution is -0.123. The van der Waals surface area contributed by atoms with Crippen LogP contribution in [0, 0.1) is 5.92 Å². The number of Topliss-reactive ketones (excluding diaryl/α,β-unsaturated/α-hetero) is 1. The van der Waals surface area contributed by atoms with Crippen LogP contribution >= 0.6 is 0 Å². The monoisotopic (exact) mass is 184 g/mol. The summed E-state index contributed by atoms with van der Waals surface area (Å²) >= 11 is 0. The van der Waals surface area contributed by atoms with Gasteiger partial charge in [0, 0.05) is 12.5 Å². The Morgan fingerprint density at radius 3 is 2.62 bits per heavy atom. The van der Waals surface area contributed by atoms with Crippen LogP contribution in [0.5, 0.6) is 0 Å². The summed E-state index contributed by atoms with van der Waals surface area (Å²) < 4.78 is 0. The van der Waals surface area contributed by atoms with E-state index >= 15 is 0 Å². The second kappa shape index (κ2) is 5.35. The molecule has 1 atom stereocenters. The van der Waals surface area contributed by atoms with Crippen molar-refractivity contribution in [1.82, 2.24) is 10.2 Å². The zero-order chi connectivity index (χ0) is 9.68. The predicted octanol–water partition coefficient (Wildman–Crippen LogP) is 0.507. The van der Waals surface area contributed by atoms with Crippen LogP contribution in [0.3, 0.4) is 0 Å². The zero-order valence-corrected chi connectivity index (χ0v) is 8.68. The van der Waals surface area contributed by atoms with Crippen LogP contribution in [-0.4, -0.2) is 43.4 Å². The largest absolute Gasteiger partial charge is 0.316 e. The van der Waals surface area contributed by atoms with E-state index < -0.39 is 0 Å². The molecular formula is C10H20N2O. The Morgan fingerprint density at radius 2 is 2.15 bits per heavy atom. The van der Waals surface area contributed by atoms with Gasteiger partial charge in [0.05, 0.1) is 6.54 Å². The minimum atomic E-state index is 0.278. The minimum Gasteiger partial charge on any atom is -0.316 e. The van der Waals surface area contributed by atoms with Crippen molar-refractivity contribution in [2.24, 2.45) is 5.92 Å². The van der Waals surface area contributed by atoms with Gasteiger partial charge >= 0.3 is 0 Å². The molecule has 1 fully saturated rings. The molecule has 3 heteroatoms. The molecule has 3 nitrogen and oxygen atoms in total. The molecule has 1 saturated heterocycles. The molecule has 1 rings (SSSR count). The summed E-state index contributed by atoms with van der Waals surface area (Å²) in [6.45, 7) is 8.69. The molecule has 1 aliphatic heterocycles. The number of hydrogen-bond donors (Lipinski definition) is 1. The number of hydrogen-bond acceptors (Lipinski definition) is 3. The maximum atomic E-state index is 11.7. The average molecular weight is 184 g/mol. The smallest absolute Gasteiger partial charge is 0.151 e. The fourth-order valence-corrected chi connectivity index (χ4v) is 1.73. The van der Waals surface area contributed by atoms with Crippen molar-refractivity contribution in [3.63, 3.8) is 0 Å². The molecule has 1 heterocycles. The van der Waals surface area contributed by atoms with E-state index in [1.165, 1.54) is 0 Å². The first-order valence-electron chi connectivity index (χ1n) is 5.23. The molecule has 1 aliphatic rings. The van der Waals surface area contributed by atoms with Crippen molar-refractivity contribution in [2.45, 2.75) is 20.3 Å². The summed E-state index contributed by atoms with van der Waals surface area (Å²) in [7, 11) is 0. The van der Waals surface area contributed by atoms with Crippen molar-refractivity contribution >= 4 is 5.78 Å². The molecule has 0 aromatic heterocycles. The topological polar surface area (TPSA) is 32.3 Å². The van der Waals surface area contributed by atoms with E-state index in [9.17, 15) is 4.79 Å². The quantitative estimate of drug-likeness (QED) is 0.675. The standard InChI is InChI=1S/C10H20N2O/c1-3-12(4-2)8-10(13)9-5-6-11-7-9/h9,11H,3-8H2,1-2H3. The van der Waals surface area contributed by atoms with Crippen molar-refractivity contribution in [1.29, 1.82) is 0 Å². The van der Waals surface area contributed by atoms with E-state index in [-0.39, 0.29) is 5.92 Å². The van der Waals surface area contributed by atoms with Crippen molar-refractivity contribution in [3.8, 4) is 0 Å². The number of carbonyl (C=O) groups is 1. The summed E-state index contributed by atoms with van der Waals surface area (Å²) in [5, 5.41) is 3.22. The van der Waals surface area contributed by atoms with Crippen LogP contribution in [0.1, 0.15) is 20.3 Å². The summed E-state index contributed by atoms with van der Waals surface area (Å²) in [5.41, 5.74) is 0. The first kappa shape index (κ1) is 10.7. The van der Waals surface area contributed by atoms with Gasteiger partial charge in [-0.2, -0.15) is 0 Å². The molecule has 1 unspecified atom stereocenters. The molecule has 76 valence electrons.